The van der Waals surface area contributed by atoms with Gasteiger partial charge in [-0.05, 0) is 30.5 Å². The molecule has 2 rings (SSSR count). The molecule has 1 fully saturated rings. The Hall–Kier alpha value is -0.930. The average molecular weight is 251 g/mol. The zero-order chi connectivity index (χ0) is 13.0. The maximum Gasteiger partial charge on any atom is 0.123 e. The van der Waals surface area contributed by atoms with E-state index < -0.39 is 0 Å². The van der Waals surface area contributed by atoms with E-state index in [0.717, 1.165) is 31.6 Å². The minimum atomic E-state index is -0.183. The van der Waals surface area contributed by atoms with E-state index in [1.165, 1.54) is 6.07 Å². The van der Waals surface area contributed by atoms with Crippen LogP contribution in [0.1, 0.15) is 38.4 Å². The second-order valence-corrected chi connectivity index (χ2v) is 5.31. The summed E-state index contributed by atoms with van der Waals surface area (Å²) in [5.74, 6) is 0.250. The smallest absolute Gasteiger partial charge is 0.123 e. The van der Waals surface area contributed by atoms with E-state index in [1.807, 2.05) is 6.07 Å². The van der Waals surface area contributed by atoms with Crippen molar-refractivity contribution >= 4 is 0 Å². The van der Waals surface area contributed by atoms with Gasteiger partial charge in [0.1, 0.15) is 5.82 Å². The van der Waals surface area contributed by atoms with Crippen LogP contribution in [0.3, 0.4) is 0 Å². The molecule has 100 valence electrons. The average Bonchev–Trinajstić information content (AvgIpc) is 2.36. The van der Waals surface area contributed by atoms with Gasteiger partial charge in [-0.15, -0.1) is 0 Å². The molecule has 1 aromatic carbocycles. The summed E-state index contributed by atoms with van der Waals surface area (Å²) < 4.78 is 19.1. The highest BCUT2D eigenvalue weighted by Crippen LogP contribution is 2.33. The van der Waals surface area contributed by atoms with Crippen molar-refractivity contribution in [1.29, 1.82) is 0 Å². The maximum atomic E-state index is 13.3. The van der Waals surface area contributed by atoms with Gasteiger partial charge in [0.05, 0.1) is 6.10 Å². The Balaban J connectivity index is 2.07. The third kappa shape index (κ3) is 3.53. The summed E-state index contributed by atoms with van der Waals surface area (Å²) in [5, 5.41) is 3.46. The van der Waals surface area contributed by atoms with Crippen LogP contribution in [0.2, 0.25) is 0 Å². The molecule has 1 heterocycles. The van der Waals surface area contributed by atoms with Gasteiger partial charge in [-0.2, -0.15) is 0 Å². The van der Waals surface area contributed by atoms with Crippen molar-refractivity contribution in [1.82, 2.24) is 5.32 Å². The molecule has 0 bridgehead atoms. The number of hydrogen-bond acceptors (Lipinski definition) is 2. The lowest BCUT2D eigenvalue weighted by Gasteiger charge is -2.33. The summed E-state index contributed by atoms with van der Waals surface area (Å²) in [5.41, 5.74) is 0.963. The molecule has 18 heavy (non-hydrogen) atoms. The predicted octanol–water partition coefficient (Wildman–Crippen LogP) is 3.29. The molecule has 0 aromatic heterocycles. The standard InChI is InChI=1S/C15H22FNO/c1-11(2)17-10-13-6-4-8-18-15(13)12-5-3-7-14(16)9-12/h3,5,7,9,11,13,15,17H,4,6,8,10H2,1-2H3. The zero-order valence-electron chi connectivity index (χ0n) is 11.2. The second kappa shape index (κ2) is 6.30. The third-order valence-electron chi connectivity index (χ3n) is 3.41. The molecule has 2 atom stereocenters. The van der Waals surface area contributed by atoms with Crippen LogP contribution in [0, 0.1) is 11.7 Å². The van der Waals surface area contributed by atoms with Gasteiger partial charge in [0, 0.05) is 25.1 Å². The first-order valence-corrected chi connectivity index (χ1v) is 6.77. The van der Waals surface area contributed by atoms with Crippen LogP contribution in [0.5, 0.6) is 0 Å². The van der Waals surface area contributed by atoms with Crippen molar-refractivity contribution < 1.29 is 9.13 Å². The Bertz CT molecular complexity index is 381. The van der Waals surface area contributed by atoms with E-state index in [0.29, 0.717) is 12.0 Å². The summed E-state index contributed by atoms with van der Waals surface area (Å²) in [4.78, 5) is 0. The van der Waals surface area contributed by atoms with Gasteiger partial charge < -0.3 is 10.1 Å². The van der Waals surface area contributed by atoms with Crippen LogP contribution < -0.4 is 5.32 Å². The van der Waals surface area contributed by atoms with Crippen molar-refractivity contribution in [3.63, 3.8) is 0 Å². The number of halogens is 1. The molecule has 3 heteroatoms. The first kappa shape index (κ1) is 13.5. The number of hydrogen-bond donors (Lipinski definition) is 1. The van der Waals surface area contributed by atoms with Crippen LogP contribution in [0.25, 0.3) is 0 Å². The summed E-state index contributed by atoms with van der Waals surface area (Å²) in [7, 11) is 0. The van der Waals surface area contributed by atoms with E-state index in [9.17, 15) is 4.39 Å². The molecule has 1 aliphatic rings. The Morgan fingerprint density at radius 3 is 3.00 bits per heavy atom. The van der Waals surface area contributed by atoms with Crippen LogP contribution in [-0.2, 0) is 4.74 Å². The first-order valence-electron chi connectivity index (χ1n) is 6.77. The highest BCUT2D eigenvalue weighted by Gasteiger charge is 2.27. The minimum absolute atomic E-state index is 0.0284. The molecule has 0 amide bonds. The van der Waals surface area contributed by atoms with Crippen molar-refractivity contribution in [3.05, 3.63) is 35.6 Å². The Morgan fingerprint density at radius 2 is 2.28 bits per heavy atom. The van der Waals surface area contributed by atoms with Crippen LogP contribution in [0.4, 0.5) is 4.39 Å². The largest absolute Gasteiger partial charge is 0.373 e. The lowest BCUT2D eigenvalue weighted by atomic mass is 9.89. The van der Waals surface area contributed by atoms with Gasteiger partial charge in [-0.25, -0.2) is 4.39 Å². The SMILES string of the molecule is CC(C)NCC1CCCOC1c1cccc(F)c1. The zero-order valence-corrected chi connectivity index (χ0v) is 11.2. The molecule has 1 N–H and O–H groups in total. The van der Waals surface area contributed by atoms with Crippen molar-refractivity contribution in [3.8, 4) is 0 Å². The normalized spacial score (nSPS) is 24.4. The summed E-state index contributed by atoms with van der Waals surface area (Å²) in [6.45, 7) is 5.99. The Kier molecular flexibility index (Phi) is 4.72. The number of nitrogens with one attached hydrogen (secondary N) is 1. The molecule has 2 unspecified atom stereocenters. The van der Waals surface area contributed by atoms with Gasteiger partial charge in [-0.3, -0.25) is 0 Å². The van der Waals surface area contributed by atoms with E-state index in [4.69, 9.17) is 4.74 Å². The molecular formula is C15H22FNO. The lowest BCUT2D eigenvalue weighted by molar-refractivity contribution is -0.0283. The van der Waals surface area contributed by atoms with E-state index in [1.54, 1.807) is 12.1 Å². The van der Waals surface area contributed by atoms with Gasteiger partial charge in [0.2, 0.25) is 0 Å². The van der Waals surface area contributed by atoms with Crippen LogP contribution in [0.15, 0.2) is 24.3 Å². The fraction of sp³-hybridized carbons (Fsp3) is 0.600. The van der Waals surface area contributed by atoms with E-state index in [2.05, 4.69) is 19.2 Å². The van der Waals surface area contributed by atoms with Crippen molar-refractivity contribution in [2.24, 2.45) is 5.92 Å². The van der Waals surface area contributed by atoms with Gasteiger partial charge in [0.25, 0.3) is 0 Å². The number of rotatable bonds is 4. The molecule has 0 saturated carbocycles. The molecule has 1 aromatic rings. The number of benzene rings is 1. The molecular weight excluding hydrogens is 229 g/mol. The highest BCUT2D eigenvalue weighted by atomic mass is 19.1. The molecule has 1 aliphatic heterocycles. The minimum Gasteiger partial charge on any atom is -0.373 e. The second-order valence-electron chi connectivity index (χ2n) is 5.31. The molecule has 1 saturated heterocycles. The lowest BCUT2D eigenvalue weighted by Crippen LogP contribution is -2.35. The highest BCUT2D eigenvalue weighted by molar-refractivity contribution is 5.20. The fourth-order valence-electron chi connectivity index (χ4n) is 2.49. The van der Waals surface area contributed by atoms with E-state index >= 15 is 0 Å². The molecule has 0 radical (unpaired) electrons. The van der Waals surface area contributed by atoms with Gasteiger partial charge in [-0.1, -0.05) is 26.0 Å². The summed E-state index contributed by atoms with van der Waals surface area (Å²) >= 11 is 0. The molecule has 0 aliphatic carbocycles. The maximum absolute atomic E-state index is 13.3. The predicted molar refractivity (Wildman–Crippen MR) is 71.0 cm³/mol. The van der Waals surface area contributed by atoms with Crippen molar-refractivity contribution in [2.45, 2.75) is 38.8 Å². The summed E-state index contributed by atoms with van der Waals surface area (Å²) in [6.07, 6.45) is 2.26. The van der Waals surface area contributed by atoms with Gasteiger partial charge in [0.15, 0.2) is 0 Å². The Labute approximate surface area is 109 Å². The fourth-order valence-corrected chi connectivity index (χ4v) is 2.49. The van der Waals surface area contributed by atoms with Crippen molar-refractivity contribution in [2.75, 3.05) is 13.2 Å². The van der Waals surface area contributed by atoms with Crippen LogP contribution in [-0.4, -0.2) is 19.2 Å². The van der Waals surface area contributed by atoms with Crippen LogP contribution >= 0.6 is 0 Å². The molecule has 0 spiro atoms. The van der Waals surface area contributed by atoms with E-state index in [-0.39, 0.29) is 11.9 Å². The quantitative estimate of drug-likeness (QED) is 0.886. The first-order chi connectivity index (χ1) is 8.66. The monoisotopic (exact) mass is 251 g/mol. The summed E-state index contributed by atoms with van der Waals surface area (Å²) in [6, 6.07) is 7.27. The Morgan fingerprint density at radius 1 is 1.44 bits per heavy atom. The topological polar surface area (TPSA) is 21.3 Å². The third-order valence-corrected chi connectivity index (χ3v) is 3.41. The molecule has 2 nitrogen and oxygen atoms in total. The number of ether oxygens (including phenoxy) is 1. The van der Waals surface area contributed by atoms with Gasteiger partial charge >= 0.3 is 0 Å².